The van der Waals surface area contributed by atoms with Gasteiger partial charge in [0.1, 0.15) is 0 Å². The van der Waals surface area contributed by atoms with E-state index in [2.05, 4.69) is 18.5 Å². The minimum Gasteiger partial charge on any atom is -0.245 e. The van der Waals surface area contributed by atoms with Crippen LogP contribution in [0.4, 0.5) is 0 Å². The molecule has 0 atom stereocenters. The first-order valence-corrected chi connectivity index (χ1v) is 5.93. The molecule has 4 heteroatoms. The van der Waals surface area contributed by atoms with Crippen LogP contribution in [-0.2, 0) is 23.6 Å². The maximum Gasteiger partial charge on any atom is 0.0839 e. The Kier molecular flexibility index (Phi) is 4.97. The Labute approximate surface area is 61.2 Å². The molecule has 1 nitrogen and oxygen atoms in total. The molecule has 0 spiro atoms. The summed E-state index contributed by atoms with van der Waals surface area (Å²) in [5.74, 6) is 0. The van der Waals surface area contributed by atoms with Crippen LogP contribution in [0.3, 0.4) is 0 Å². The molecule has 0 fully saturated rings. The molecule has 0 rings (SSSR count). The predicted molar refractivity (Wildman–Crippen MR) is 44.6 cm³/mol. The van der Waals surface area contributed by atoms with Gasteiger partial charge in [-0.25, -0.2) is 4.67 Å². The highest BCUT2D eigenvalue weighted by molar-refractivity contribution is 8.24. The van der Waals surface area contributed by atoms with E-state index >= 15 is 0 Å². The molecule has 0 radical (unpaired) electrons. The van der Waals surface area contributed by atoms with Crippen molar-refractivity contribution in [2.75, 3.05) is 13.1 Å². The normalized spacial score (nSPS) is 9.88. The highest BCUT2D eigenvalue weighted by atomic mass is 32.7. The lowest BCUT2D eigenvalue weighted by Gasteiger charge is -2.09. The number of rotatable bonds is 3. The molecule has 8 heavy (non-hydrogen) atoms. The lowest BCUT2D eigenvalue weighted by Crippen LogP contribution is -2.10. The molecule has 0 aromatic rings. The van der Waals surface area contributed by atoms with Gasteiger partial charge in [-0.05, 0) is 23.6 Å². The van der Waals surface area contributed by atoms with Crippen LogP contribution < -0.4 is 0 Å². The van der Waals surface area contributed by atoms with Gasteiger partial charge in [-0.1, -0.05) is 13.8 Å². The fourth-order valence-corrected chi connectivity index (χ4v) is 2.30. The van der Waals surface area contributed by atoms with Crippen LogP contribution >= 0.6 is 5.62 Å². The fraction of sp³-hybridized carbons (Fsp3) is 1.00. The zero-order valence-electron chi connectivity index (χ0n) is 5.13. The second kappa shape index (κ2) is 4.57. The zero-order valence-corrected chi connectivity index (χ0v) is 7.65. The third kappa shape index (κ3) is 2.88. The summed E-state index contributed by atoms with van der Waals surface area (Å²) < 4.78 is 2.11. The summed E-state index contributed by atoms with van der Waals surface area (Å²) >= 11 is 9.81. The van der Waals surface area contributed by atoms with Gasteiger partial charge in [0.15, 0.2) is 0 Å². The van der Waals surface area contributed by atoms with Crippen molar-refractivity contribution in [1.82, 2.24) is 4.67 Å². The van der Waals surface area contributed by atoms with Crippen molar-refractivity contribution in [2.24, 2.45) is 0 Å². The van der Waals surface area contributed by atoms with Crippen molar-refractivity contribution >= 4 is 29.2 Å². The molecule has 0 heterocycles. The minimum absolute atomic E-state index is 0.664. The number of hydrogen-bond donors (Lipinski definition) is 0. The molecular formula is C4H10NPS2. The van der Waals surface area contributed by atoms with Gasteiger partial charge in [0.05, 0.1) is 5.62 Å². The van der Waals surface area contributed by atoms with Gasteiger partial charge in [0.25, 0.3) is 0 Å². The van der Waals surface area contributed by atoms with Gasteiger partial charge in [-0.2, -0.15) is 0 Å². The van der Waals surface area contributed by atoms with E-state index in [4.69, 9.17) is 23.6 Å². The van der Waals surface area contributed by atoms with Crippen molar-refractivity contribution in [3.05, 3.63) is 0 Å². The summed E-state index contributed by atoms with van der Waals surface area (Å²) in [6.45, 7) is 6.15. The quantitative estimate of drug-likeness (QED) is 0.588. The van der Waals surface area contributed by atoms with E-state index < -0.39 is 5.62 Å². The van der Waals surface area contributed by atoms with Crippen molar-refractivity contribution in [2.45, 2.75) is 13.8 Å². The Morgan fingerprint density at radius 3 is 1.62 bits per heavy atom. The van der Waals surface area contributed by atoms with Crippen molar-refractivity contribution in [3.8, 4) is 0 Å². The Balaban J connectivity index is 3.70. The first-order valence-electron chi connectivity index (χ1n) is 2.61. The van der Waals surface area contributed by atoms with Gasteiger partial charge < -0.3 is 0 Å². The van der Waals surface area contributed by atoms with E-state index in [1.165, 1.54) is 0 Å². The fourth-order valence-electron chi connectivity index (χ4n) is 0.455. The van der Waals surface area contributed by atoms with E-state index in [-0.39, 0.29) is 0 Å². The highest BCUT2D eigenvalue weighted by Crippen LogP contribution is 2.11. The van der Waals surface area contributed by atoms with E-state index in [0.29, 0.717) is 0 Å². The molecule has 0 unspecified atom stereocenters. The van der Waals surface area contributed by atoms with Gasteiger partial charge in [-0.15, -0.1) is 0 Å². The average molecular weight is 167 g/mol. The van der Waals surface area contributed by atoms with Crippen LogP contribution in [0.2, 0.25) is 0 Å². The van der Waals surface area contributed by atoms with Crippen molar-refractivity contribution in [3.63, 3.8) is 0 Å². The van der Waals surface area contributed by atoms with Crippen LogP contribution in [0.15, 0.2) is 0 Å². The van der Waals surface area contributed by atoms with Gasteiger partial charge >= 0.3 is 0 Å². The Morgan fingerprint density at radius 1 is 1.25 bits per heavy atom. The molecule has 0 amide bonds. The lowest BCUT2D eigenvalue weighted by molar-refractivity contribution is 0.522. The highest BCUT2D eigenvalue weighted by Gasteiger charge is 1.93. The topological polar surface area (TPSA) is 3.24 Å². The summed E-state index contributed by atoms with van der Waals surface area (Å²) in [6.07, 6.45) is 0. The average Bonchev–Trinajstić information content (AvgIpc) is 1.69. The molecular weight excluding hydrogens is 157 g/mol. The smallest absolute Gasteiger partial charge is 0.0839 e. The number of hydrogen-bond acceptors (Lipinski definition) is 2. The summed E-state index contributed by atoms with van der Waals surface area (Å²) in [5, 5.41) is 0. The summed E-state index contributed by atoms with van der Waals surface area (Å²) in [5.41, 5.74) is -0.664. The number of nitrogens with zero attached hydrogens (tertiary/aromatic N) is 1. The monoisotopic (exact) mass is 167 g/mol. The Bertz CT molecular complexity index is 109. The molecule has 0 N–H and O–H groups in total. The van der Waals surface area contributed by atoms with Crippen molar-refractivity contribution in [1.29, 1.82) is 0 Å². The first kappa shape index (κ1) is 8.70. The lowest BCUT2D eigenvalue weighted by atomic mass is 10.7. The summed E-state index contributed by atoms with van der Waals surface area (Å²) in [7, 11) is 0. The molecule has 0 aromatic heterocycles. The first-order chi connectivity index (χ1) is 3.72. The molecule has 0 aromatic carbocycles. The third-order valence-corrected chi connectivity index (χ3v) is 3.37. The summed E-state index contributed by atoms with van der Waals surface area (Å²) in [4.78, 5) is 0. The SMILES string of the molecule is CCN(CC)P(=S)=S. The van der Waals surface area contributed by atoms with Crippen LogP contribution in [0.5, 0.6) is 0 Å². The van der Waals surface area contributed by atoms with Crippen molar-refractivity contribution < 1.29 is 0 Å². The van der Waals surface area contributed by atoms with E-state index in [0.717, 1.165) is 13.1 Å². The molecule has 0 saturated carbocycles. The van der Waals surface area contributed by atoms with E-state index in [1.807, 2.05) is 0 Å². The van der Waals surface area contributed by atoms with Crippen LogP contribution in [-0.4, -0.2) is 17.8 Å². The second-order valence-electron chi connectivity index (χ2n) is 1.38. The standard InChI is InChI=1S/C4H10NPS2/c1-3-5(4-2)6(7)8/h3-4H2,1-2H3. The van der Waals surface area contributed by atoms with Gasteiger partial charge in [0.2, 0.25) is 0 Å². The second-order valence-corrected chi connectivity index (χ2v) is 5.19. The molecule has 48 valence electrons. The maximum atomic E-state index is 4.90. The predicted octanol–water partition coefficient (Wildman–Crippen LogP) is 1.65. The van der Waals surface area contributed by atoms with Crippen LogP contribution in [0.1, 0.15) is 13.8 Å². The zero-order chi connectivity index (χ0) is 6.57. The Hall–Kier alpha value is 0.700. The van der Waals surface area contributed by atoms with E-state index in [9.17, 15) is 0 Å². The molecule has 0 aliphatic carbocycles. The van der Waals surface area contributed by atoms with Gasteiger partial charge in [0, 0.05) is 13.1 Å². The minimum atomic E-state index is -0.664. The van der Waals surface area contributed by atoms with Gasteiger partial charge in [-0.3, -0.25) is 0 Å². The molecule has 0 aliphatic rings. The summed E-state index contributed by atoms with van der Waals surface area (Å²) in [6, 6.07) is 0. The van der Waals surface area contributed by atoms with E-state index in [1.54, 1.807) is 0 Å². The molecule has 0 aliphatic heterocycles. The largest absolute Gasteiger partial charge is 0.245 e. The third-order valence-electron chi connectivity index (χ3n) is 0.961. The van der Waals surface area contributed by atoms with Crippen LogP contribution in [0.25, 0.3) is 0 Å². The molecule has 0 saturated heterocycles. The maximum absolute atomic E-state index is 4.90. The Morgan fingerprint density at radius 2 is 1.62 bits per heavy atom. The molecule has 0 bridgehead atoms. The van der Waals surface area contributed by atoms with Crippen LogP contribution in [0, 0.1) is 0 Å².